The van der Waals surface area contributed by atoms with E-state index in [1.54, 1.807) is 18.2 Å². The highest BCUT2D eigenvalue weighted by Crippen LogP contribution is 2.38. The molecular weight excluding hydrogens is 351 g/mol. The summed E-state index contributed by atoms with van der Waals surface area (Å²) in [7, 11) is 0. The fourth-order valence-corrected chi connectivity index (χ4v) is 3.31. The number of amides is 2. The van der Waals surface area contributed by atoms with Crippen LogP contribution in [0.5, 0.6) is 0 Å². The van der Waals surface area contributed by atoms with Crippen LogP contribution < -0.4 is 4.90 Å². The molecule has 0 bridgehead atoms. The molecule has 2 aromatic carbocycles. The van der Waals surface area contributed by atoms with Crippen molar-refractivity contribution in [3.63, 3.8) is 0 Å². The van der Waals surface area contributed by atoms with E-state index in [-0.39, 0.29) is 10.5 Å². The Balaban J connectivity index is 2.00. The first-order valence-electron chi connectivity index (χ1n) is 7.28. The second-order valence-corrected chi connectivity index (χ2v) is 6.43. The first kappa shape index (κ1) is 17.3. The summed E-state index contributed by atoms with van der Waals surface area (Å²) in [5, 5.41) is -0.536. The number of rotatable bonds is 2. The van der Waals surface area contributed by atoms with E-state index in [1.165, 1.54) is 18.2 Å². The molecule has 128 valence electrons. The molecule has 0 unspecified atom stereocenters. The molecule has 0 N–H and O–H groups in total. The lowest BCUT2D eigenvalue weighted by Crippen LogP contribution is -2.27. The Hall–Kier alpha value is -2.54. The van der Waals surface area contributed by atoms with E-state index in [1.807, 2.05) is 13.0 Å². The number of carbonyl (C=O) groups excluding carboxylic acids is 2. The molecule has 3 rings (SSSR count). The van der Waals surface area contributed by atoms with Gasteiger partial charge in [0.2, 0.25) is 0 Å². The minimum atomic E-state index is -4.54. The molecule has 3 nitrogen and oxygen atoms in total. The summed E-state index contributed by atoms with van der Waals surface area (Å²) in [6.45, 7) is 1.82. The second kappa shape index (κ2) is 6.40. The van der Waals surface area contributed by atoms with Crippen LogP contribution in [0.4, 0.5) is 23.7 Å². The van der Waals surface area contributed by atoms with Gasteiger partial charge in [0.25, 0.3) is 11.1 Å². The fourth-order valence-electron chi connectivity index (χ4n) is 2.48. The van der Waals surface area contributed by atoms with Gasteiger partial charge in [-0.1, -0.05) is 30.3 Å². The number of imide groups is 1. The van der Waals surface area contributed by atoms with Crippen LogP contribution in [-0.2, 0) is 11.0 Å². The lowest BCUT2D eigenvalue weighted by Gasteiger charge is -2.13. The fraction of sp³-hybridized carbons (Fsp3) is 0.111. The molecule has 25 heavy (non-hydrogen) atoms. The van der Waals surface area contributed by atoms with Crippen molar-refractivity contribution in [2.24, 2.45) is 0 Å². The number of hydrogen-bond donors (Lipinski definition) is 0. The van der Waals surface area contributed by atoms with Gasteiger partial charge in [-0.05, 0) is 54.1 Å². The molecule has 0 spiro atoms. The van der Waals surface area contributed by atoms with Gasteiger partial charge in [-0.3, -0.25) is 9.59 Å². The van der Waals surface area contributed by atoms with E-state index >= 15 is 0 Å². The second-order valence-electron chi connectivity index (χ2n) is 5.44. The average molecular weight is 363 g/mol. The van der Waals surface area contributed by atoms with E-state index in [2.05, 4.69) is 0 Å². The van der Waals surface area contributed by atoms with Crippen LogP contribution in [0.3, 0.4) is 0 Å². The maximum atomic E-state index is 13.1. The topological polar surface area (TPSA) is 37.4 Å². The molecule has 1 heterocycles. The SMILES string of the molecule is Cc1cccc(N2C(=O)S/C(=C/c3ccccc3C(F)(F)F)C2=O)c1. The van der Waals surface area contributed by atoms with Crippen molar-refractivity contribution in [1.29, 1.82) is 0 Å². The zero-order valence-corrected chi connectivity index (χ0v) is 13.8. The lowest BCUT2D eigenvalue weighted by atomic mass is 10.1. The van der Waals surface area contributed by atoms with Crippen LogP contribution in [-0.4, -0.2) is 11.1 Å². The summed E-state index contributed by atoms with van der Waals surface area (Å²) < 4.78 is 39.3. The molecule has 1 aliphatic heterocycles. The Morgan fingerprint density at radius 3 is 2.44 bits per heavy atom. The lowest BCUT2D eigenvalue weighted by molar-refractivity contribution is -0.137. The predicted octanol–water partition coefficient (Wildman–Crippen LogP) is 5.25. The first-order valence-corrected chi connectivity index (χ1v) is 8.10. The summed E-state index contributed by atoms with van der Waals surface area (Å²) in [6.07, 6.45) is -3.43. The van der Waals surface area contributed by atoms with E-state index in [0.717, 1.165) is 22.6 Å². The quantitative estimate of drug-likeness (QED) is 0.684. The number of halogens is 3. The average Bonchev–Trinajstić information content (AvgIpc) is 2.81. The van der Waals surface area contributed by atoms with Crippen LogP contribution in [0, 0.1) is 6.92 Å². The number of alkyl halides is 3. The Labute approximate surface area is 146 Å². The smallest absolute Gasteiger partial charge is 0.268 e. The normalized spacial score (nSPS) is 16.8. The third-order valence-corrected chi connectivity index (χ3v) is 4.48. The van der Waals surface area contributed by atoms with Gasteiger partial charge in [0, 0.05) is 0 Å². The molecule has 0 aromatic heterocycles. The molecule has 0 radical (unpaired) electrons. The molecule has 0 aliphatic carbocycles. The van der Waals surface area contributed by atoms with Gasteiger partial charge in [0.1, 0.15) is 0 Å². The number of thioether (sulfide) groups is 1. The zero-order valence-electron chi connectivity index (χ0n) is 13.0. The van der Waals surface area contributed by atoms with Gasteiger partial charge in [-0.15, -0.1) is 0 Å². The van der Waals surface area contributed by atoms with Crippen molar-refractivity contribution >= 4 is 34.7 Å². The number of aryl methyl sites for hydroxylation is 1. The van der Waals surface area contributed by atoms with Crippen LogP contribution in [0.25, 0.3) is 6.08 Å². The highest BCUT2D eigenvalue weighted by atomic mass is 32.2. The zero-order chi connectivity index (χ0) is 18.2. The highest BCUT2D eigenvalue weighted by Gasteiger charge is 2.38. The summed E-state index contributed by atoms with van der Waals surface area (Å²) in [5.74, 6) is -0.627. The summed E-state index contributed by atoms with van der Waals surface area (Å²) in [5.41, 5.74) is 0.264. The van der Waals surface area contributed by atoms with Crippen LogP contribution in [0.15, 0.2) is 53.4 Å². The minimum absolute atomic E-state index is 0.0387. The molecule has 1 aliphatic rings. The Kier molecular flexibility index (Phi) is 4.43. The monoisotopic (exact) mass is 363 g/mol. The molecule has 0 saturated carbocycles. The van der Waals surface area contributed by atoms with E-state index in [0.29, 0.717) is 17.4 Å². The third kappa shape index (κ3) is 3.46. The maximum absolute atomic E-state index is 13.1. The molecule has 2 amide bonds. The van der Waals surface area contributed by atoms with Crippen molar-refractivity contribution in [3.8, 4) is 0 Å². The van der Waals surface area contributed by atoms with Crippen molar-refractivity contribution in [2.75, 3.05) is 4.90 Å². The summed E-state index contributed by atoms with van der Waals surface area (Å²) in [4.78, 5) is 25.6. The van der Waals surface area contributed by atoms with Crippen LogP contribution >= 0.6 is 11.8 Å². The van der Waals surface area contributed by atoms with Crippen molar-refractivity contribution in [3.05, 3.63) is 70.1 Å². The number of nitrogens with zero attached hydrogens (tertiary/aromatic N) is 1. The molecule has 1 fully saturated rings. The van der Waals surface area contributed by atoms with Crippen molar-refractivity contribution in [1.82, 2.24) is 0 Å². The van der Waals surface area contributed by atoms with E-state index in [4.69, 9.17) is 0 Å². The van der Waals surface area contributed by atoms with Gasteiger partial charge in [0.05, 0.1) is 16.2 Å². The summed E-state index contributed by atoms with van der Waals surface area (Å²) >= 11 is 0.628. The number of benzene rings is 2. The largest absolute Gasteiger partial charge is 0.416 e. The van der Waals surface area contributed by atoms with Crippen LogP contribution in [0.2, 0.25) is 0 Å². The Bertz CT molecular complexity index is 890. The third-order valence-electron chi connectivity index (χ3n) is 3.61. The molecule has 0 atom stereocenters. The van der Waals surface area contributed by atoms with Gasteiger partial charge < -0.3 is 0 Å². The number of carbonyl (C=O) groups is 2. The maximum Gasteiger partial charge on any atom is 0.416 e. The van der Waals surface area contributed by atoms with Crippen molar-refractivity contribution in [2.45, 2.75) is 13.1 Å². The first-order chi connectivity index (χ1) is 11.8. The summed E-state index contributed by atoms with van der Waals surface area (Å²) in [6, 6.07) is 11.7. The van der Waals surface area contributed by atoms with Crippen molar-refractivity contribution < 1.29 is 22.8 Å². The van der Waals surface area contributed by atoms with Gasteiger partial charge in [-0.2, -0.15) is 13.2 Å². The minimum Gasteiger partial charge on any atom is -0.268 e. The van der Waals surface area contributed by atoms with Gasteiger partial charge in [0.15, 0.2) is 0 Å². The Morgan fingerprint density at radius 1 is 1.04 bits per heavy atom. The van der Waals surface area contributed by atoms with Gasteiger partial charge >= 0.3 is 6.18 Å². The highest BCUT2D eigenvalue weighted by molar-refractivity contribution is 8.19. The van der Waals surface area contributed by atoms with E-state index in [9.17, 15) is 22.8 Å². The standard InChI is InChI=1S/C18H12F3NO2S/c1-11-5-4-7-13(9-11)22-16(23)15(25-17(22)24)10-12-6-2-3-8-14(12)18(19,20)21/h2-10H,1H3/b15-10+. The van der Waals surface area contributed by atoms with Crippen LogP contribution in [0.1, 0.15) is 16.7 Å². The number of hydrogen-bond acceptors (Lipinski definition) is 3. The molecule has 7 heteroatoms. The molecule has 2 aromatic rings. The molecular formula is C18H12F3NO2S. The Morgan fingerprint density at radius 2 is 1.76 bits per heavy atom. The molecule has 1 saturated heterocycles. The van der Waals surface area contributed by atoms with E-state index < -0.39 is 22.9 Å². The van der Waals surface area contributed by atoms with Gasteiger partial charge in [-0.25, -0.2) is 4.90 Å². The number of anilines is 1. The predicted molar refractivity (Wildman–Crippen MR) is 91.1 cm³/mol.